The van der Waals surface area contributed by atoms with E-state index < -0.39 is 22.0 Å². The number of benzene rings is 2. The number of nitrogens with one attached hydrogen (secondary N) is 1. The minimum Gasteiger partial charge on any atom is -0.457 e. The van der Waals surface area contributed by atoms with Crippen LogP contribution in [0.4, 0.5) is 10.8 Å². The van der Waals surface area contributed by atoms with Crippen molar-refractivity contribution in [3.8, 4) is 11.5 Å². The number of anilines is 2. The maximum atomic E-state index is 12.8. The van der Waals surface area contributed by atoms with E-state index in [0.717, 1.165) is 14.9 Å². The summed E-state index contributed by atoms with van der Waals surface area (Å²) in [7, 11) is -3.74. The molecular formula is C21H24N4O4S3. The summed E-state index contributed by atoms with van der Waals surface area (Å²) in [6.07, 6.45) is 1.06. The molecule has 0 aliphatic heterocycles. The molecule has 3 aromatic rings. The standard InChI is InChI=1S/C21H24N4O4S3/c1-14(2)30-21-24-23-20(31-21)22-19(26)15(3)25(32(4,27)28)16-10-12-18(13-11-16)29-17-8-6-5-7-9-17/h5-15H,1-4H3,(H,22,23,26). The third-order valence-corrected chi connectivity index (χ3v) is 7.30. The molecule has 1 heterocycles. The fourth-order valence-corrected chi connectivity index (χ4v) is 5.97. The van der Waals surface area contributed by atoms with Gasteiger partial charge in [-0.05, 0) is 43.3 Å². The molecule has 0 bridgehead atoms. The van der Waals surface area contributed by atoms with Crippen LogP contribution < -0.4 is 14.4 Å². The van der Waals surface area contributed by atoms with Crippen LogP contribution in [0.15, 0.2) is 58.9 Å². The lowest BCUT2D eigenvalue weighted by Gasteiger charge is -2.28. The fourth-order valence-electron chi connectivity index (χ4n) is 2.81. The minimum absolute atomic E-state index is 0.324. The average Bonchev–Trinajstić information content (AvgIpc) is 3.15. The maximum Gasteiger partial charge on any atom is 0.249 e. The molecule has 0 radical (unpaired) electrons. The molecular weight excluding hydrogens is 468 g/mol. The van der Waals surface area contributed by atoms with Gasteiger partial charge in [-0.3, -0.25) is 14.4 Å². The van der Waals surface area contributed by atoms with Crippen molar-refractivity contribution in [2.24, 2.45) is 0 Å². The van der Waals surface area contributed by atoms with Crippen LogP contribution in [0.25, 0.3) is 0 Å². The van der Waals surface area contributed by atoms with Crippen LogP contribution in [-0.4, -0.2) is 42.1 Å². The second-order valence-corrected chi connectivity index (χ2v) is 11.8. The molecule has 0 saturated carbocycles. The van der Waals surface area contributed by atoms with Gasteiger partial charge in [-0.15, -0.1) is 10.2 Å². The van der Waals surface area contributed by atoms with Crippen molar-refractivity contribution in [2.75, 3.05) is 15.9 Å². The molecule has 1 N–H and O–H groups in total. The van der Waals surface area contributed by atoms with Gasteiger partial charge in [0, 0.05) is 5.25 Å². The van der Waals surface area contributed by atoms with Gasteiger partial charge >= 0.3 is 0 Å². The lowest BCUT2D eigenvalue weighted by atomic mass is 10.2. The van der Waals surface area contributed by atoms with Crippen molar-refractivity contribution in [1.82, 2.24) is 10.2 Å². The quantitative estimate of drug-likeness (QED) is 0.343. The Labute approximate surface area is 196 Å². The lowest BCUT2D eigenvalue weighted by Crippen LogP contribution is -2.45. The normalized spacial score (nSPS) is 12.4. The number of carbonyl (C=O) groups is 1. The Kier molecular flexibility index (Phi) is 7.75. The van der Waals surface area contributed by atoms with E-state index in [4.69, 9.17) is 4.74 Å². The number of hydrogen-bond acceptors (Lipinski definition) is 8. The molecule has 2 aromatic carbocycles. The van der Waals surface area contributed by atoms with Crippen molar-refractivity contribution in [1.29, 1.82) is 0 Å². The first kappa shape index (κ1) is 24.0. The van der Waals surface area contributed by atoms with E-state index in [-0.39, 0.29) is 0 Å². The van der Waals surface area contributed by atoms with E-state index in [9.17, 15) is 13.2 Å². The number of amides is 1. The third kappa shape index (κ3) is 6.44. The van der Waals surface area contributed by atoms with Gasteiger partial charge in [-0.25, -0.2) is 8.42 Å². The van der Waals surface area contributed by atoms with E-state index in [0.29, 0.717) is 27.6 Å². The van der Waals surface area contributed by atoms with Gasteiger partial charge < -0.3 is 4.74 Å². The molecule has 11 heteroatoms. The Morgan fingerprint density at radius 2 is 1.66 bits per heavy atom. The number of para-hydroxylation sites is 1. The number of sulfonamides is 1. The highest BCUT2D eigenvalue weighted by Gasteiger charge is 2.30. The summed E-state index contributed by atoms with van der Waals surface area (Å²) in [4.78, 5) is 12.8. The zero-order valence-corrected chi connectivity index (χ0v) is 20.5. The van der Waals surface area contributed by atoms with Crippen LogP contribution in [0.1, 0.15) is 20.8 Å². The first-order valence-corrected chi connectivity index (χ1v) is 13.3. The largest absolute Gasteiger partial charge is 0.457 e. The number of thioether (sulfide) groups is 1. The second kappa shape index (κ2) is 10.3. The van der Waals surface area contributed by atoms with Crippen molar-refractivity contribution < 1.29 is 17.9 Å². The van der Waals surface area contributed by atoms with E-state index in [1.54, 1.807) is 24.3 Å². The summed E-state index contributed by atoms with van der Waals surface area (Å²) in [6.45, 7) is 5.59. The van der Waals surface area contributed by atoms with Crippen molar-refractivity contribution in [3.63, 3.8) is 0 Å². The molecule has 0 aliphatic rings. The van der Waals surface area contributed by atoms with Gasteiger partial charge in [0.1, 0.15) is 17.5 Å². The number of nitrogens with zero attached hydrogens (tertiary/aromatic N) is 3. The molecule has 1 aromatic heterocycles. The molecule has 1 atom stereocenters. The average molecular weight is 493 g/mol. The number of ether oxygens (including phenoxy) is 1. The maximum absolute atomic E-state index is 12.8. The Balaban J connectivity index is 1.75. The number of rotatable bonds is 9. The van der Waals surface area contributed by atoms with Crippen LogP contribution in [0.2, 0.25) is 0 Å². The second-order valence-electron chi connectivity index (χ2n) is 7.17. The molecule has 3 rings (SSSR count). The zero-order valence-electron chi connectivity index (χ0n) is 18.1. The van der Waals surface area contributed by atoms with Gasteiger partial charge in [0.25, 0.3) is 0 Å². The highest BCUT2D eigenvalue weighted by molar-refractivity contribution is 8.01. The van der Waals surface area contributed by atoms with Crippen LogP contribution >= 0.6 is 23.1 Å². The SMILES string of the molecule is CC(C)Sc1nnc(NC(=O)C(C)N(c2ccc(Oc3ccccc3)cc2)S(C)(=O)=O)s1. The lowest BCUT2D eigenvalue weighted by molar-refractivity contribution is -0.116. The monoisotopic (exact) mass is 492 g/mol. The summed E-state index contributed by atoms with van der Waals surface area (Å²) in [5.41, 5.74) is 0.351. The van der Waals surface area contributed by atoms with Crippen molar-refractivity contribution in [2.45, 2.75) is 36.4 Å². The Hall–Kier alpha value is -2.63. The highest BCUT2D eigenvalue weighted by Crippen LogP contribution is 2.30. The van der Waals surface area contributed by atoms with Gasteiger partial charge in [0.05, 0.1) is 11.9 Å². The fraction of sp³-hybridized carbons (Fsp3) is 0.286. The van der Waals surface area contributed by atoms with Gasteiger partial charge in [0.2, 0.25) is 21.1 Å². The van der Waals surface area contributed by atoms with Gasteiger partial charge in [0.15, 0.2) is 4.34 Å². The molecule has 170 valence electrons. The molecule has 0 spiro atoms. The van der Waals surface area contributed by atoms with E-state index in [2.05, 4.69) is 15.5 Å². The Morgan fingerprint density at radius 1 is 1.03 bits per heavy atom. The van der Waals surface area contributed by atoms with E-state index in [1.165, 1.54) is 30.0 Å². The number of hydrogen-bond donors (Lipinski definition) is 1. The first-order chi connectivity index (χ1) is 15.1. The molecule has 8 nitrogen and oxygen atoms in total. The molecule has 1 unspecified atom stereocenters. The summed E-state index contributed by atoms with van der Waals surface area (Å²) in [6, 6.07) is 14.8. The first-order valence-electron chi connectivity index (χ1n) is 9.77. The van der Waals surface area contributed by atoms with E-state index in [1.807, 2.05) is 44.2 Å². The predicted octanol–water partition coefficient (Wildman–Crippen LogP) is 4.62. The smallest absolute Gasteiger partial charge is 0.249 e. The predicted molar refractivity (Wildman–Crippen MR) is 129 cm³/mol. The third-order valence-electron chi connectivity index (χ3n) is 4.13. The minimum atomic E-state index is -3.74. The topological polar surface area (TPSA) is 101 Å². The molecule has 0 saturated heterocycles. The number of carbonyl (C=O) groups excluding carboxylic acids is 1. The highest BCUT2D eigenvalue weighted by atomic mass is 32.2. The molecule has 0 aliphatic carbocycles. The van der Waals surface area contributed by atoms with Crippen LogP contribution in [0.3, 0.4) is 0 Å². The summed E-state index contributed by atoms with van der Waals surface area (Å²) >= 11 is 2.79. The Morgan fingerprint density at radius 3 is 2.25 bits per heavy atom. The van der Waals surface area contributed by atoms with Crippen LogP contribution in [0, 0.1) is 0 Å². The number of aromatic nitrogens is 2. The Bertz CT molecular complexity index is 1150. The van der Waals surface area contributed by atoms with Gasteiger partial charge in [-0.1, -0.05) is 55.1 Å². The molecule has 0 fully saturated rings. The van der Waals surface area contributed by atoms with Crippen molar-refractivity contribution in [3.05, 3.63) is 54.6 Å². The zero-order chi connectivity index (χ0) is 23.3. The van der Waals surface area contributed by atoms with Crippen LogP contribution in [0.5, 0.6) is 11.5 Å². The van der Waals surface area contributed by atoms with Crippen LogP contribution in [-0.2, 0) is 14.8 Å². The molecule has 32 heavy (non-hydrogen) atoms. The summed E-state index contributed by atoms with van der Waals surface area (Å²) in [5.74, 6) is 0.715. The van der Waals surface area contributed by atoms with Gasteiger partial charge in [-0.2, -0.15) is 0 Å². The van der Waals surface area contributed by atoms with Crippen molar-refractivity contribution >= 4 is 49.8 Å². The summed E-state index contributed by atoms with van der Waals surface area (Å²) in [5, 5.41) is 11.3. The van der Waals surface area contributed by atoms with E-state index >= 15 is 0 Å². The summed E-state index contributed by atoms with van der Waals surface area (Å²) < 4.78 is 32.6. The molecule has 1 amide bonds.